The molecular formula is C17H16BrN3. The summed E-state index contributed by atoms with van der Waals surface area (Å²) in [4.78, 5) is 6.39. The lowest BCUT2D eigenvalue weighted by atomic mass is 10.1. The van der Waals surface area contributed by atoms with Gasteiger partial charge < -0.3 is 10.6 Å². The number of benzene rings is 2. The van der Waals surface area contributed by atoms with Gasteiger partial charge in [-0.3, -0.25) is 4.98 Å². The van der Waals surface area contributed by atoms with E-state index in [1.165, 1.54) is 5.56 Å². The van der Waals surface area contributed by atoms with Crippen molar-refractivity contribution in [2.45, 2.75) is 6.54 Å². The maximum Gasteiger partial charge on any atom is 0.0449 e. The molecule has 4 heteroatoms. The van der Waals surface area contributed by atoms with Crippen LogP contribution >= 0.6 is 15.9 Å². The van der Waals surface area contributed by atoms with Crippen molar-refractivity contribution in [3.8, 4) is 0 Å². The highest BCUT2D eigenvalue weighted by Gasteiger charge is 2.10. The lowest BCUT2D eigenvalue weighted by Crippen LogP contribution is -2.17. The molecule has 0 atom stereocenters. The van der Waals surface area contributed by atoms with Crippen molar-refractivity contribution in [2.75, 3.05) is 17.7 Å². The molecule has 0 unspecified atom stereocenters. The van der Waals surface area contributed by atoms with Crippen LogP contribution in [0, 0.1) is 0 Å². The van der Waals surface area contributed by atoms with Crippen molar-refractivity contribution < 1.29 is 0 Å². The van der Waals surface area contributed by atoms with Crippen molar-refractivity contribution in [1.29, 1.82) is 0 Å². The zero-order valence-electron chi connectivity index (χ0n) is 11.8. The summed E-state index contributed by atoms with van der Waals surface area (Å²) in [6, 6.07) is 14.3. The molecule has 0 fully saturated rings. The van der Waals surface area contributed by atoms with E-state index in [0.717, 1.165) is 33.2 Å². The normalized spacial score (nSPS) is 10.8. The summed E-state index contributed by atoms with van der Waals surface area (Å²) in [5.74, 6) is 0. The van der Waals surface area contributed by atoms with Gasteiger partial charge in [0, 0.05) is 52.6 Å². The molecule has 0 spiro atoms. The van der Waals surface area contributed by atoms with Gasteiger partial charge in [-0.2, -0.15) is 0 Å². The molecule has 0 amide bonds. The van der Waals surface area contributed by atoms with Crippen LogP contribution in [0.15, 0.2) is 59.3 Å². The Balaban J connectivity index is 2.01. The molecule has 0 aliphatic rings. The SMILES string of the molecule is CN(Cc1ccccc1Br)c1ccc(N)c2cnccc12. The van der Waals surface area contributed by atoms with Crippen molar-refractivity contribution >= 4 is 38.1 Å². The summed E-state index contributed by atoms with van der Waals surface area (Å²) in [7, 11) is 2.09. The van der Waals surface area contributed by atoms with Crippen LogP contribution in [0.1, 0.15) is 5.56 Å². The predicted molar refractivity (Wildman–Crippen MR) is 92.4 cm³/mol. The second-order valence-electron chi connectivity index (χ2n) is 5.04. The maximum absolute atomic E-state index is 6.04. The summed E-state index contributed by atoms with van der Waals surface area (Å²) in [6.45, 7) is 0.822. The van der Waals surface area contributed by atoms with Gasteiger partial charge in [0.2, 0.25) is 0 Å². The van der Waals surface area contributed by atoms with Gasteiger partial charge in [0.05, 0.1) is 0 Å². The molecule has 0 bridgehead atoms. The number of hydrogen-bond acceptors (Lipinski definition) is 3. The van der Waals surface area contributed by atoms with Crippen LogP contribution in [0.25, 0.3) is 10.8 Å². The van der Waals surface area contributed by atoms with Crippen LogP contribution in [-0.2, 0) is 6.54 Å². The van der Waals surface area contributed by atoms with E-state index in [9.17, 15) is 0 Å². The lowest BCUT2D eigenvalue weighted by molar-refractivity contribution is 0.923. The predicted octanol–water partition coefficient (Wildman–Crippen LogP) is 4.22. The van der Waals surface area contributed by atoms with Crippen LogP contribution in [0.2, 0.25) is 0 Å². The fraction of sp³-hybridized carbons (Fsp3) is 0.118. The van der Waals surface area contributed by atoms with Crippen LogP contribution < -0.4 is 10.6 Å². The molecule has 0 saturated heterocycles. The van der Waals surface area contributed by atoms with E-state index >= 15 is 0 Å². The third kappa shape index (κ3) is 2.72. The number of nitrogens with zero attached hydrogens (tertiary/aromatic N) is 2. The van der Waals surface area contributed by atoms with Gasteiger partial charge in [-0.25, -0.2) is 0 Å². The number of rotatable bonds is 3. The lowest BCUT2D eigenvalue weighted by Gasteiger charge is -2.22. The maximum atomic E-state index is 6.04. The van der Waals surface area contributed by atoms with Gasteiger partial charge in [0.1, 0.15) is 0 Å². The monoisotopic (exact) mass is 341 g/mol. The van der Waals surface area contributed by atoms with Crippen LogP contribution in [0.5, 0.6) is 0 Å². The summed E-state index contributed by atoms with van der Waals surface area (Å²) in [6.07, 6.45) is 3.62. The Morgan fingerprint density at radius 2 is 1.90 bits per heavy atom. The van der Waals surface area contributed by atoms with Crippen LogP contribution in [0.4, 0.5) is 11.4 Å². The Labute approximate surface area is 132 Å². The standard InChI is InChI=1S/C17H16BrN3/c1-21(11-12-4-2-3-5-15(12)18)17-7-6-16(19)14-10-20-9-8-13(14)17/h2-10H,11,19H2,1H3. The van der Waals surface area contributed by atoms with Crippen molar-refractivity contribution in [2.24, 2.45) is 0 Å². The number of hydrogen-bond donors (Lipinski definition) is 1. The average Bonchev–Trinajstić information content (AvgIpc) is 2.50. The molecule has 1 heterocycles. The molecule has 3 rings (SSSR count). The molecule has 2 N–H and O–H groups in total. The summed E-state index contributed by atoms with van der Waals surface area (Å²) in [5.41, 5.74) is 9.20. The van der Waals surface area contributed by atoms with Crippen LogP contribution in [-0.4, -0.2) is 12.0 Å². The first kappa shape index (κ1) is 13.9. The molecule has 3 aromatic rings. The quantitative estimate of drug-likeness (QED) is 0.725. The Hall–Kier alpha value is -2.07. The van der Waals surface area contributed by atoms with E-state index < -0.39 is 0 Å². The number of aromatic nitrogens is 1. The number of nitrogens with two attached hydrogens (primary N) is 1. The second-order valence-corrected chi connectivity index (χ2v) is 5.90. The fourth-order valence-corrected chi connectivity index (χ4v) is 2.91. The molecule has 0 saturated carbocycles. The number of anilines is 2. The minimum atomic E-state index is 0.760. The molecule has 0 aliphatic carbocycles. The number of fused-ring (bicyclic) bond motifs is 1. The topological polar surface area (TPSA) is 42.1 Å². The van der Waals surface area contributed by atoms with Crippen molar-refractivity contribution in [3.63, 3.8) is 0 Å². The highest BCUT2D eigenvalue weighted by molar-refractivity contribution is 9.10. The Bertz CT molecular complexity index is 786. The fourth-order valence-electron chi connectivity index (χ4n) is 2.50. The molecule has 1 aromatic heterocycles. The molecule has 21 heavy (non-hydrogen) atoms. The van der Waals surface area contributed by atoms with Gasteiger partial charge in [-0.1, -0.05) is 34.1 Å². The third-order valence-corrected chi connectivity index (χ3v) is 4.38. The smallest absolute Gasteiger partial charge is 0.0449 e. The third-order valence-electron chi connectivity index (χ3n) is 3.61. The van der Waals surface area contributed by atoms with Crippen molar-refractivity contribution in [3.05, 3.63) is 64.9 Å². The van der Waals surface area contributed by atoms with Gasteiger partial charge >= 0.3 is 0 Å². The summed E-state index contributed by atoms with van der Waals surface area (Å²) >= 11 is 3.60. The number of halogens is 1. The molecule has 0 radical (unpaired) electrons. The Kier molecular flexibility index (Phi) is 3.80. The minimum absolute atomic E-state index is 0.760. The molecule has 2 aromatic carbocycles. The van der Waals surface area contributed by atoms with E-state index in [-0.39, 0.29) is 0 Å². The summed E-state index contributed by atoms with van der Waals surface area (Å²) in [5, 5.41) is 2.12. The molecule has 3 nitrogen and oxygen atoms in total. The zero-order valence-corrected chi connectivity index (χ0v) is 13.3. The van der Waals surface area contributed by atoms with Crippen molar-refractivity contribution in [1.82, 2.24) is 4.98 Å². The molecule has 106 valence electrons. The Morgan fingerprint density at radius 3 is 2.71 bits per heavy atom. The van der Waals surface area contributed by atoms with E-state index in [0.29, 0.717) is 0 Å². The highest BCUT2D eigenvalue weighted by atomic mass is 79.9. The van der Waals surface area contributed by atoms with Crippen LogP contribution in [0.3, 0.4) is 0 Å². The molecular weight excluding hydrogens is 326 g/mol. The van der Waals surface area contributed by atoms with Gasteiger partial charge in [0.25, 0.3) is 0 Å². The number of pyridine rings is 1. The molecule has 0 aliphatic heterocycles. The van der Waals surface area contributed by atoms with E-state index in [1.54, 1.807) is 6.20 Å². The zero-order chi connectivity index (χ0) is 14.8. The van der Waals surface area contributed by atoms with Gasteiger partial charge in [-0.05, 0) is 29.8 Å². The first-order valence-electron chi connectivity index (χ1n) is 6.73. The first-order chi connectivity index (χ1) is 10.2. The number of nitrogen functional groups attached to an aromatic ring is 1. The minimum Gasteiger partial charge on any atom is -0.398 e. The summed E-state index contributed by atoms with van der Waals surface area (Å²) < 4.78 is 1.12. The Morgan fingerprint density at radius 1 is 1.10 bits per heavy atom. The van der Waals surface area contributed by atoms with E-state index in [4.69, 9.17) is 5.73 Å². The highest BCUT2D eigenvalue weighted by Crippen LogP contribution is 2.31. The largest absolute Gasteiger partial charge is 0.398 e. The second kappa shape index (κ2) is 5.74. The van der Waals surface area contributed by atoms with E-state index in [1.807, 2.05) is 24.4 Å². The average molecular weight is 342 g/mol. The van der Waals surface area contributed by atoms with E-state index in [2.05, 4.69) is 57.1 Å². The van der Waals surface area contributed by atoms with Gasteiger partial charge in [-0.15, -0.1) is 0 Å². The van der Waals surface area contributed by atoms with Gasteiger partial charge in [0.15, 0.2) is 0 Å². The first-order valence-corrected chi connectivity index (χ1v) is 7.53.